The van der Waals surface area contributed by atoms with Crippen LogP contribution in [0.1, 0.15) is 79.1 Å². The molecule has 3 aliphatic rings. The van der Waals surface area contributed by atoms with Crippen LogP contribution in [-0.2, 0) is 0 Å². The van der Waals surface area contributed by atoms with Crippen LogP contribution in [0.3, 0.4) is 0 Å². The van der Waals surface area contributed by atoms with Crippen molar-refractivity contribution in [2.45, 2.75) is 79.1 Å². The zero-order chi connectivity index (χ0) is 15.3. The summed E-state index contributed by atoms with van der Waals surface area (Å²) in [5, 5.41) is 10.0. The van der Waals surface area contributed by atoms with E-state index in [1.807, 2.05) is 0 Å². The van der Waals surface area contributed by atoms with Crippen LogP contribution in [0, 0.1) is 40.4 Å². The molecular weight excluding hydrogens is 256 g/mol. The smallest absolute Gasteiger partial charge is 0.0487 e. The highest BCUT2D eigenvalue weighted by Crippen LogP contribution is 2.64. The van der Waals surface area contributed by atoms with Gasteiger partial charge in [-0.15, -0.1) is 0 Å². The van der Waals surface area contributed by atoms with Crippen LogP contribution in [0.15, 0.2) is 0 Å². The summed E-state index contributed by atoms with van der Waals surface area (Å²) in [5.41, 5.74) is 0.716. The molecule has 1 N–H and O–H groups in total. The van der Waals surface area contributed by atoms with Crippen LogP contribution in [0.25, 0.3) is 0 Å². The molecule has 2 unspecified atom stereocenters. The lowest BCUT2D eigenvalue weighted by Crippen LogP contribution is -2.54. The Kier molecular flexibility index (Phi) is 4.19. The molecule has 1 nitrogen and oxygen atoms in total. The Labute approximate surface area is 131 Å². The topological polar surface area (TPSA) is 20.2 Å². The van der Waals surface area contributed by atoms with E-state index in [0.717, 1.165) is 29.6 Å². The molecule has 1 heteroatoms. The predicted molar refractivity (Wildman–Crippen MR) is 89.0 cm³/mol. The third kappa shape index (κ3) is 2.48. The zero-order valence-electron chi connectivity index (χ0n) is 14.7. The first kappa shape index (κ1) is 15.8. The van der Waals surface area contributed by atoms with Crippen molar-refractivity contribution in [3.05, 3.63) is 0 Å². The van der Waals surface area contributed by atoms with Crippen LogP contribution in [0.4, 0.5) is 0 Å². The fourth-order valence-corrected chi connectivity index (χ4v) is 6.80. The summed E-state index contributed by atoms with van der Waals surface area (Å²) in [6.45, 7) is 10.2. The molecule has 0 radical (unpaired) electrons. The molecule has 122 valence electrons. The molecule has 3 saturated carbocycles. The van der Waals surface area contributed by atoms with Gasteiger partial charge in [-0.25, -0.2) is 0 Å². The summed E-state index contributed by atoms with van der Waals surface area (Å²) in [5.74, 6) is 4.52. The first-order valence-electron chi connectivity index (χ1n) is 9.51. The summed E-state index contributed by atoms with van der Waals surface area (Å²) in [7, 11) is 0. The molecule has 0 spiro atoms. The van der Waals surface area contributed by atoms with Crippen molar-refractivity contribution in [1.29, 1.82) is 0 Å². The highest BCUT2D eigenvalue weighted by atomic mass is 16.3. The second-order valence-electron chi connectivity index (χ2n) is 9.49. The summed E-state index contributed by atoms with van der Waals surface area (Å²) in [4.78, 5) is 0. The quantitative estimate of drug-likeness (QED) is 0.734. The second kappa shape index (κ2) is 5.55. The van der Waals surface area contributed by atoms with E-state index in [9.17, 15) is 5.11 Å². The molecule has 0 aromatic heterocycles. The van der Waals surface area contributed by atoms with Gasteiger partial charge in [0.1, 0.15) is 0 Å². The molecule has 0 saturated heterocycles. The fraction of sp³-hybridized carbons (Fsp3) is 1.00. The third-order valence-electron chi connectivity index (χ3n) is 8.10. The molecule has 0 heterocycles. The molecule has 0 bridgehead atoms. The first-order valence-corrected chi connectivity index (χ1v) is 9.51. The van der Waals surface area contributed by atoms with Crippen LogP contribution in [0.5, 0.6) is 0 Å². The number of aliphatic hydroxyl groups is 1. The highest BCUT2D eigenvalue weighted by Gasteiger charge is 2.56. The number of hydrogen-bond donors (Lipinski definition) is 1. The van der Waals surface area contributed by atoms with Gasteiger partial charge in [-0.3, -0.25) is 0 Å². The third-order valence-corrected chi connectivity index (χ3v) is 8.10. The van der Waals surface area contributed by atoms with Crippen molar-refractivity contribution < 1.29 is 5.11 Å². The Hall–Kier alpha value is -0.0400. The molecule has 6 atom stereocenters. The van der Waals surface area contributed by atoms with Crippen molar-refractivity contribution in [3.8, 4) is 0 Å². The van der Waals surface area contributed by atoms with Crippen molar-refractivity contribution in [3.63, 3.8) is 0 Å². The molecule has 0 aliphatic heterocycles. The largest absolute Gasteiger partial charge is 0.396 e. The van der Waals surface area contributed by atoms with Gasteiger partial charge in [-0.05, 0) is 85.4 Å². The van der Waals surface area contributed by atoms with Crippen LogP contribution in [0.2, 0.25) is 0 Å². The van der Waals surface area contributed by atoms with Gasteiger partial charge in [0, 0.05) is 6.61 Å². The highest BCUT2D eigenvalue weighted by molar-refractivity contribution is 5.05. The van der Waals surface area contributed by atoms with E-state index in [1.54, 1.807) is 0 Å². The van der Waals surface area contributed by atoms with Crippen molar-refractivity contribution >= 4 is 0 Å². The number of hydrogen-bond acceptors (Lipinski definition) is 1. The minimum Gasteiger partial charge on any atom is -0.396 e. The van der Waals surface area contributed by atoms with E-state index < -0.39 is 0 Å². The van der Waals surface area contributed by atoms with E-state index in [4.69, 9.17) is 0 Å². The predicted octanol–water partition coefficient (Wildman–Crippen LogP) is 5.27. The molecule has 3 aliphatic carbocycles. The van der Waals surface area contributed by atoms with Crippen molar-refractivity contribution in [2.24, 2.45) is 40.4 Å². The SMILES string of the molecule is CC(C)C1CC[C@H]2C(CC[C@H]3[C@@](C)(CO)CCC[C@]23C)C1. The van der Waals surface area contributed by atoms with Gasteiger partial charge in [0.15, 0.2) is 0 Å². The summed E-state index contributed by atoms with van der Waals surface area (Å²) in [6, 6.07) is 0. The number of aliphatic hydroxyl groups excluding tert-OH is 1. The summed E-state index contributed by atoms with van der Waals surface area (Å²) >= 11 is 0. The molecular formula is C20H36O. The van der Waals surface area contributed by atoms with E-state index in [-0.39, 0.29) is 5.41 Å². The maximum absolute atomic E-state index is 10.0. The van der Waals surface area contributed by atoms with Crippen LogP contribution in [-0.4, -0.2) is 11.7 Å². The average Bonchev–Trinajstić information content (AvgIpc) is 2.46. The van der Waals surface area contributed by atoms with Gasteiger partial charge in [-0.2, -0.15) is 0 Å². The van der Waals surface area contributed by atoms with Gasteiger partial charge in [0.2, 0.25) is 0 Å². The maximum atomic E-state index is 10.0. The lowest BCUT2D eigenvalue weighted by atomic mass is 9.44. The van der Waals surface area contributed by atoms with E-state index in [1.165, 1.54) is 51.4 Å². The molecule has 0 amide bonds. The lowest BCUT2D eigenvalue weighted by Gasteiger charge is -2.61. The van der Waals surface area contributed by atoms with Gasteiger partial charge < -0.3 is 5.11 Å². The maximum Gasteiger partial charge on any atom is 0.0487 e. The summed E-state index contributed by atoms with van der Waals surface area (Å²) < 4.78 is 0. The Morgan fingerprint density at radius 1 is 1.05 bits per heavy atom. The minimum atomic E-state index is 0.201. The zero-order valence-corrected chi connectivity index (χ0v) is 14.7. The Balaban J connectivity index is 1.82. The molecule has 3 rings (SSSR count). The number of rotatable bonds is 2. The van der Waals surface area contributed by atoms with Gasteiger partial charge in [0.25, 0.3) is 0 Å². The lowest BCUT2D eigenvalue weighted by molar-refractivity contribution is -0.135. The normalized spacial score (nSPS) is 50.6. The molecule has 21 heavy (non-hydrogen) atoms. The standard InChI is InChI=1S/C20H36O/c1-14(2)15-6-8-17-16(12-15)7-9-18-19(3,13-21)10-5-11-20(17,18)4/h14-18,21H,5-13H2,1-4H3/t15?,16?,17-,18-,19+,20+/m0/s1. The minimum absolute atomic E-state index is 0.201. The number of fused-ring (bicyclic) bond motifs is 3. The van der Waals surface area contributed by atoms with Crippen molar-refractivity contribution in [1.82, 2.24) is 0 Å². The van der Waals surface area contributed by atoms with E-state index in [0.29, 0.717) is 12.0 Å². The average molecular weight is 293 g/mol. The van der Waals surface area contributed by atoms with E-state index >= 15 is 0 Å². The van der Waals surface area contributed by atoms with Gasteiger partial charge >= 0.3 is 0 Å². The second-order valence-corrected chi connectivity index (χ2v) is 9.49. The Bertz CT molecular complexity index is 376. The van der Waals surface area contributed by atoms with E-state index in [2.05, 4.69) is 27.7 Å². The molecule has 0 aromatic carbocycles. The Morgan fingerprint density at radius 3 is 2.48 bits per heavy atom. The Morgan fingerprint density at radius 2 is 1.81 bits per heavy atom. The monoisotopic (exact) mass is 292 g/mol. The van der Waals surface area contributed by atoms with Crippen molar-refractivity contribution in [2.75, 3.05) is 6.61 Å². The first-order chi connectivity index (χ1) is 9.90. The fourth-order valence-electron chi connectivity index (χ4n) is 6.80. The van der Waals surface area contributed by atoms with Gasteiger partial charge in [-0.1, -0.05) is 34.1 Å². The molecule has 3 fully saturated rings. The van der Waals surface area contributed by atoms with Gasteiger partial charge in [0.05, 0.1) is 0 Å². The molecule has 0 aromatic rings. The van der Waals surface area contributed by atoms with Crippen LogP contribution < -0.4 is 0 Å². The summed E-state index contributed by atoms with van der Waals surface area (Å²) in [6.07, 6.45) is 11.2. The van der Waals surface area contributed by atoms with Crippen LogP contribution >= 0.6 is 0 Å².